The monoisotopic (exact) mass is 605 g/mol. The summed E-state index contributed by atoms with van der Waals surface area (Å²) in [5.74, 6) is -0.570. The molecule has 222 valence electrons. The number of allylic oxidation sites excluding steroid dienone is 2. The minimum atomic E-state index is -4.69. The Kier molecular flexibility index (Phi) is 8.21. The number of hydrogen-bond donors (Lipinski definition) is 3. The van der Waals surface area contributed by atoms with E-state index < -0.39 is 17.6 Å². The molecule has 1 saturated heterocycles. The molecular weight excluding hydrogens is 578 g/mol. The van der Waals surface area contributed by atoms with Gasteiger partial charge < -0.3 is 30.2 Å². The Morgan fingerprint density at radius 3 is 2.76 bits per heavy atom. The third kappa shape index (κ3) is 5.96. The van der Waals surface area contributed by atoms with Gasteiger partial charge in [-0.05, 0) is 32.6 Å². The summed E-state index contributed by atoms with van der Waals surface area (Å²) >= 11 is 6.62. The molecule has 0 bridgehead atoms. The standard InChI is InChI=1S/C27H28ClF4N9O/c1-39(2)17-4-7-41(14-17)13-15-8-16(27(30,31)32)9-18(23(15)29)37-26-38-25-24(40(26)3)22(28)21(12-36-25)42-20(10-33)19-11-34-5-6-35-19/h5-6,8-12,17,33,35H,4,7,13-14H2,1-3H3,(H,36,37,38)/b20-19+,33-10?/t17-/m1/s1. The second-order valence-corrected chi connectivity index (χ2v) is 10.5. The molecule has 0 amide bonds. The molecule has 0 saturated carbocycles. The Labute approximate surface area is 243 Å². The van der Waals surface area contributed by atoms with E-state index >= 15 is 4.39 Å². The maximum Gasteiger partial charge on any atom is 0.416 e. The number of aliphatic imine (C=N–C) groups is 1. The molecule has 3 aromatic rings. The van der Waals surface area contributed by atoms with Crippen LogP contribution in [0.5, 0.6) is 5.75 Å². The van der Waals surface area contributed by atoms with E-state index in [9.17, 15) is 13.2 Å². The summed E-state index contributed by atoms with van der Waals surface area (Å²) in [7, 11) is 5.44. The fourth-order valence-corrected chi connectivity index (χ4v) is 5.13. The summed E-state index contributed by atoms with van der Waals surface area (Å²) < 4.78 is 64.5. The molecule has 3 N–H and O–H groups in total. The van der Waals surface area contributed by atoms with Crippen molar-refractivity contribution >= 4 is 46.8 Å². The van der Waals surface area contributed by atoms with Gasteiger partial charge >= 0.3 is 6.18 Å². The van der Waals surface area contributed by atoms with E-state index in [1.807, 2.05) is 19.0 Å². The van der Waals surface area contributed by atoms with E-state index in [4.69, 9.17) is 21.7 Å². The first-order chi connectivity index (χ1) is 20.0. The number of alkyl halides is 3. The number of fused-ring (bicyclic) bond motifs is 1. The minimum absolute atomic E-state index is 0.0198. The van der Waals surface area contributed by atoms with Gasteiger partial charge in [-0.3, -0.25) is 9.89 Å². The van der Waals surface area contributed by atoms with E-state index in [-0.39, 0.29) is 57.5 Å². The normalized spacial score (nSPS) is 18.5. The van der Waals surface area contributed by atoms with Gasteiger partial charge in [0, 0.05) is 50.7 Å². The van der Waals surface area contributed by atoms with Crippen molar-refractivity contribution in [3.63, 3.8) is 0 Å². The second-order valence-electron chi connectivity index (χ2n) is 10.1. The molecule has 1 atom stereocenters. The van der Waals surface area contributed by atoms with Gasteiger partial charge in [0.05, 0.1) is 29.9 Å². The molecule has 2 aromatic heterocycles. The zero-order valence-electron chi connectivity index (χ0n) is 22.9. The van der Waals surface area contributed by atoms with E-state index in [2.05, 4.69) is 30.5 Å². The van der Waals surface area contributed by atoms with Crippen LogP contribution in [0, 0.1) is 11.2 Å². The van der Waals surface area contributed by atoms with Gasteiger partial charge in [0.1, 0.15) is 16.2 Å². The molecule has 0 unspecified atom stereocenters. The Bertz CT molecular complexity index is 1610. The summed E-state index contributed by atoms with van der Waals surface area (Å²) in [5.41, 5.74) is -0.563. The van der Waals surface area contributed by atoms with Crippen LogP contribution in [0.25, 0.3) is 11.2 Å². The average molecular weight is 606 g/mol. The zero-order chi connectivity index (χ0) is 30.2. The average Bonchev–Trinajstić information content (AvgIpc) is 3.55. The Morgan fingerprint density at radius 2 is 2.12 bits per heavy atom. The highest BCUT2D eigenvalue weighted by Gasteiger charge is 2.34. The Morgan fingerprint density at radius 1 is 1.33 bits per heavy atom. The highest BCUT2D eigenvalue weighted by atomic mass is 35.5. The summed E-state index contributed by atoms with van der Waals surface area (Å²) in [6.45, 7) is 1.31. The number of nitrogens with zero attached hydrogens (tertiary/aromatic N) is 6. The number of likely N-dealkylation sites (N-methyl/N-ethyl adjacent to an activating group) is 1. The molecule has 42 heavy (non-hydrogen) atoms. The molecule has 2 aliphatic heterocycles. The number of halogens is 5. The topological polar surface area (TPSA) is 107 Å². The molecule has 1 fully saturated rings. The highest BCUT2D eigenvalue weighted by Crippen LogP contribution is 2.37. The van der Waals surface area contributed by atoms with Gasteiger partial charge in [0.15, 0.2) is 23.0 Å². The van der Waals surface area contributed by atoms with Crippen molar-refractivity contribution < 1.29 is 22.3 Å². The van der Waals surface area contributed by atoms with Gasteiger partial charge in [-0.2, -0.15) is 18.2 Å². The lowest BCUT2D eigenvalue weighted by atomic mass is 10.1. The fraction of sp³-hybridized carbons (Fsp3) is 0.333. The summed E-state index contributed by atoms with van der Waals surface area (Å²) in [4.78, 5) is 16.6. The molecule has 15 heteroatoms. The molecule has 5 rings (SSSR count). The lowest BCUT2D eigenvalue weighted by molar-refractivity contribution is -0.137. The van der Waals surface area contributed by atoms with Crippen molar-refractivity contribution in [2.45, 2.75) is 25.2 Å². The van der Waals surface area contributed by atoms with Gasteiger partial charge in [0.25, 0.3) is 0 Å². The van der Waals surface area contributed by atoms with Crippen LogP contribution in [0.1, 0.15) is 17.5 Å². The van der Waals surface area contributed by atoms with Crippen LogP contribution in [0.15, 0.2) is 47.2 Å². The number of anilines is 2. The summed E-state index contributed by atoms with van der Waals surface area (Å²) in [6, 6.07) is 1.83. The van der Waals surface area contributed by atoms with E-state index in [0.717, 1.165) is 24.8 Å². The van der Waals surface area contributed by atoms with E-state index in [0.29, 0.717) is 18.8 Å². The van der Waals surface area contributed by atoms with Gasteiger partial charge in [-0.25, -0.2) is 9.37 Å². The number of aryl methyl sites for hydroxylation is 1. The minimum Gasteiger partial charge on any atom is -0.450 e. The Balaban J connectivity index is 1.47. The van der Waals surface area contributed by atoms with Crippen LogP contribution in [-0.2, 0) is 19.8 Å². The number of ether oxygens (including phenoxy) is 1. The van der Waals surface area contributed by atoms with Crippen LogP contribution in [0.4, 0.5) is 29.2 Å². The number of hydrogen-bond acceptors (Lipinski definition) is 9. The smallest absolute Gasteiger partial charge is 0.416 e. The molecule has 10 nitrogen and oxygen atoms in total. The molecule has 0 aliphatic carbocycles. The van der Waals surface area contributed by atoms with Crippen LogP contribution in [0.2, 0.25) is 5.02 Å². The largest absolute Gasteiger partial charge is 0.450 e. The number of imidazole rings is 1. The van der Waals surface area contributed by atoms with Crippen molar-refractivity contribution in [2.24, 2.45) is 12.0 Å². The summed E-state index contributed by atoms with van der Waals surface area (Å²) in [6.07, 6.45) is 3.00. The van der Waals surface area contributed by atoms with Crippen molar-refractivity contribution in [1.82, 2.24) is 29.7 Å². The van der Waals surface area contributed by atoms with Crippen molar-refractivity contribution in [3.8, 4) is 5.75 Å². The molecule has 1 aromatic carbocycles. The quantitative estimate of drug-likeness (QED) is 0.188. The number of rotatable bonds is 8. The fourth-order valence-electron chi connectivity index (χ4n) is 4.83. The maximum absolute atomic E-state index is 15.7. The van der Waals surface area contributed by atoms with Crippen molar-refractivity contribution in [1.29, 1.82) is 5.41 Å². The third-order valence-corrected chi connectivity index (χ3v) is 7.48. The number of benzene rings is 1. The lowest BCUT2D eigenvalue weighted by Crippen LogP contribution is -2.31. The van der Waals surface area contributed by atoms with Crippen molar-refractivity contribution in [2.75, 3.05) is 32.5 Å². The SMILES string of the molecule is CN(C)[C@@H]1CCN(Cc2cc(C(F)(F)F)cc(Nc3nc4ncc(O/C(C=N)=C5\C=NC=CN5)c(Cl)c4n3C)c2F)C1. The van der Waals surface area contributed by atoms with E-state index in [1.54, 1.807) is 13.2 Å². The summed E-state index contributed by atoms with van der Waals surface area (Å²) in [5, 5.41) is 13.4. The van der Waals surface area contributed by atoms with Gasteiger partial charge in [-0.15, -0.1) is 0 Å². The first-order valence-electron chi connectivity index (χ1n) is 12.9. The second kappa shape index (κ2) is 11.7. The Hall–Kier alpha value is -4.01. The van der Waals surface area contributed by atoms with E-state index in [1.165, 1.54) is 23.2 Å². The van der Waals surface area contributed by atoms with Gasteiger partial charge in [0.2, 0.25) is 5.95 Å². The van der Waals surface area contributed by atoms with Crippen LogP contribution >= 0.6 is 11.6 Å². The number of pyridine rings is 1. The van der Waals surface area contributed by atoms with Crippen LogP contribution in [0.3, 0.4) is 0 Å². The predicted molar refractivity (Wildman–Crippen MR) is 153 cm³/mol. The zero-order valence-corrected chi connectivity index (χ0v) is 23.7. The predicted octanol–water partition coefficient (Wildman–Crippen LogP) is 5.04. The first kappa shape index (κ1) is 29.5. The molecule has 0 spiro atoms. The van der Waals surface area contributed by atoms with Crippen molar-refractivity contribution in [3.05, 3.63) is 64.2 Å². The molecular formula is C27H28ClF4N9O. The molecule has 0 radical (unpaired) electrons. The number of nitrogens with one attached hydrogen (secondary N) is 3. The first-order valence-corrected chi connectivity index (χ1v) is 13.3. The maximum atomic E-state index is 15.7. The number of likely N-dealkylation sites (tertiary alicyclic amines) is 1. The molecule has 2 aliphatic rings. The van der Waals surface area contributed by atoms with Crippen LogP contribution in [-0.4, -0.2) is 70.0 Å². The lowest BCUT2D eigenvalue weighted by Gasteiger charge is -2.22. The number of aromatic nitrogens is 3. The third-order valence-electron chi connectivity index (χ3n) is 7.12. The van der Waals surface area contributed by atoms with Gasteiger partial charge in [-0.1, -0.05) is 11.6 Å². The molecule has 4 heterocycles. The van der Waals surface area contributed by atoms with Crippen LogP contribution < -0.4 is 15.4 Å². The highest BCUT2D eigenvalue weighted by molar-refractivity contribution is 6.36.